The van der Waals surface area contributed by atoms with E-state index in [4.69, 9.17) is 4.74 Å². The predicted molar refractivity (Wildman–Crippen MR) is 97.6 cm³/mol. The molecule has 1 N–H and O–H groups in total. The summed E-state index contributed by atoms with van der Waals surface area (Å²) in [6, 6.07) is 12.2. The quantitative estimate of drug-likeness (QED) is 0.908. The van der Waals surface area contributed by atoms with Crippen molar-refractivity contribution in [1.82, 2.24) is 10.4 Å². The summed E-state index contributed by atoms with van der Waals surface area (Å²) < 4.78 is 19.2. The Labute approximate surface area is 152 Å². The van der Waals surface area contributed by atoms with Gasteiger partial charge in [0.2, 0.25) is 5.91 Å². The maximum Gasteiger partial charge on any atom is 0.241 e. The molecule has 4 nitrogen and oxygen atoms in total. The van der Waals surface area contributed by atoms with Gasteiger partial charge in [-0.2, -0.15) is 0 Å². The van der Waals surface area contributed by atoms with Crippen molar-refractivity contribution in [1.29, 1.82) is 0 Å². The Bertz CT molecular complexity index is 907. The molecule has 1 heterocycles. The van der Waals surface area contributed by atoms with Gasteiger partial charge in [-0.3, -0.25) is 10.2 Å². The lowest BCUT2D eigenvalue weighted by atomic mass is 9.85. The summed E-state index contributed by atoms with van der Waals surface area (Å²) >= 11 is 0. The van der Waals surface area contributed by atoms with E-state index in [2.05, 4.69) is 11.5 Å². The minimum atomic E-state index is -0.293. The normalized spacial score (nSPS) is 18.3. The Morgan fingerprint density at radius 2 is 2.12 bits per heavy atom. The summed E-state index contributed by atoms with van der Waals surface area (Å²) in [7, 11) is 1.64. The van der Waals surface area contributed by atoms with Crippen LogP contribution in [0.1, 0.15) is 42.5 Å². The van der Waals surface area contributed by atoms with Crippen molar-refractivity contribution in [2.45, 2.75) is 32.2 Å². The third-order valence-corrected chi connectivity index (χ3v) is 5.13. The van der Waals surface area contributed by atoms with Crippen LogP contribution in [0.25, 0.3) is 5.70 Å². The van der Waals surface area contributed by atoms with Crippen LogP contribution >= 0.6 is 0 Å². The summed E-state index contributed by atoms with van der Waals surface area (Å²) in [5.74, 6) is 0.471. The van der Waals surface area contributed by atoms with Gasteiger partial charge in [-0.15, -0.1) is 0 Å². The Morgan fingerprint density at radius 3 is 2.85 bits per heavy atom. The Morgan fingerprint density at radius 1 is 1.27 bits per heavy atom. The number of benzene rings is 2. The lowest BCUT2D eigenvalue weighted by molar-refractivity contribution is -0.134. The Kier molecular flexibility index (Phi) is 4.15. The number of nitrogens with zero attached hydrogens (tertiary/aromatic N) is 1. The van der Waals surface area contributed by atoms with Crippen molar-refractivity contribution in [3.05, 3.63) is 70.5 Å². The van der Waals surface area contributed by atoms with Crippen LogP contribution in [-0.4, -0.2) is 18.0 Å². The molecule has 0 saturated carbocycles. The van der Waals surface area contributed by atoms with Gasteiger partial charge in [-0.05, 0) is 53.8 Å². The molecule has 2 aliphatic rings. The van der Waals surface area contributed by atoms with E-state index in [-0.39, 0.29) is 17.8 Å². The zero-order chi connectivity index (χ0) is 18.3. The molecule has 0 bridgehead atoms. The number of ether oxygens (including phenoxy) is 1. The molecule has 26 heavy (non-hydrogen) atoms. The van der Waals surface area contributed by atoms with E-state index in [1.165, 1.54) is 17.7 Å². The van der Waals surface area contributed by atoms with Crippen LogP contribution in [0.3, 0.4) is 0 Å². The fourth-order valence-electron chi connectivity index (χ4n) is 3.85. The van der Waals surface area contributed by atoms with Crippen molar-refractivity contribution in [2.75, 3.05) is 7.11 Å². The van der Waals surface area contributed by atoms with Gasteiger partial charge >= 0.3 is 0 Å². The second-order valence-electron chi connectivity index (χ2n) is 6.61. The predicted octanol–water partition coefficient (Wildman–Crippen LogP) is 3.99. The molecule has 1 unspecified atom stereocenters. The highest BCUT2D eigenvalue weighted by atomic mass is 19.1. The highest BCUT2D eigenvalue weighted by Gasteiger charge is 2.39. The summed E-state index contributed by atoms with van der Waals surface area (Å²) in [4.78, 5) is 12.6. The maximum absolute atomic E-state index is 13.8. The summed E-state index contributed by atoms with van der Waals surface area (Å²) in [6.45, 7) is 1.83. The van der Waals surface area contributed by atoms with Crippen LogP contribution < -0.4 is 10.2 Å². The molecule has 0 aromatic heterocycles. The van der Waals surface area contributed by atoms with Gasteiger partial charge in [-0.25, -0.2) is 9.40 Å². The first-order valence-electron chi connectivity index (χ1n) is 8.87. The molecule has 5 heteroatoms. The van der Waals surface area contributed by atoms with Gasteiger partial charge in [-0.1, -0.05) is 25.1 Å². The van der Waals surface area contributed by atoms with Gasteiger partial charge in [0, 0.05) is 12.0 Å². The number of carbonyl (C=O) groups is 1. The summed E-state index contributed by atoms with van der Waals surface area (Å²) in [5, 5.41) is 1.65. The Hall–Kier alpha value is -2.82. The molecule has 1 amide bonds. The number of nitrogens with one attached hydrogen (secondary N) is 1. The number of methoxy groups -OCH3 is 1. The summed E-state index contributed by atoms with van der Waals surface area (Å²) in [5.41, 5.74) is 8.44. The van der Waals surface area contributed by atoms with Crippen molar-refractivity contribution >= 4 is 11.6 Å². The van der Waals surface area contributed by atoms with E-state index in [9.17, 15) is 9.18 Å². The first-order chi connectivity index (χ1) is 12.6. The van der Waals surface area contributed by atoms with E-state index in [1.54, 1.807) is 18.2 Å². The standard InChI is InChI=1S/C21H21FN2O2/c1-3-19(25)24-21(14-5-4-6-15(22)11-14)17-10-8-13-7-9-16(26-2)12-18(13)20(17)23-24/h4-7,9,11-12,21,23H,3,8,10H2,1-2H3. The third-order valence-electron chi connectivity index (χ3n) is 5.13. The van der Waals surface area contributed by atoms with Gasteiger partial charge in [0.1, 0.15) is 17.6 Å². The molecule has 134 valence electrons. The number of hydrogen-bond donors (Lipinski definition) is 1. The third kappa shape index (κ3) is 2.64. The molecule has 0 radical (unpaired) electrons. The monoisotopic (exact) mass is 352 g/mol. The molecule has 1 aliphatic heterocycles. The molecule has 4 rings (SSSR count). The maximum atomic E-state index is 13.8. The highest BCUT2D eigenvalue weighted by Crippen LogP contribution is 2.45. The minimum absolute atomic E-state index is 0.0156. The van der Waals surface area contributed by atoms with Gasteiger partial charge in [0.15, 0.2) is 0 Å². The number of fused-ring (bicyclic) bond motifs is 2. The van der Waals surface area contributed by atoms with Crippen molar-refractivity contribution in [2.24, 2.45) is 0 Å². The lowest BCUT2D eigenvalue weighted by Crippen LogP contribution is -2.39. The summed E-state index contributed by atoms with van der Waals surface area (Å²) in [6.07, 6.45) is 2.10. The molecule has 1 aliphatic carbocycles. The number of amides is 1. The van der Waals surface area contributed by atoms with Gasteiger partial charge in [0.25, 0.3) is 0 Å². The van der Waals surface area contributed by atoms with E-state index in [0.29, 0.717) is 6.42 Å². The largest absolute Gasteiger partial charge is 0.497 e. The van der Waals surface area contributed by atoms with Crippen LogP contribution in [0.15, 0.2) is 48.0 Å². The topological polar surface area (TPSA) is 41.6 Å². The van der Waals surface area contributed by atoms with Crippen LogP contribution in [0.2, 0.25) is 0 Å². The Balaban J connectivity index is 1.85. The first kappa shape index (κ1) is 16.6. The van der Waals surface area contributed by atoms with Crippen molar-refractivity contribution in [3.63, 3.8) is 0 Å². The molecule has 0 spiro atoms. The number of carbonyl (C=O) groups excluding carboxylic acids is 1. The smallest absolute Gasteiger partial charge is 0.241 e. The number of rotatable bonds is 3. The molecular weight excluding hydrogens is 331 g/mol. The number of halogens is 1. The van der Waals surface area contributed by atoms with E-state index < -0.39 is 0 Å². The molecule has 0 saturated heterocycles. The molecule has 0 fully saturated rings. The molecule has 1 atom stereocenters. The average molecular weight is 352 g/mol. The van der Waals surface area contributed by atoms with Crippen LogP contribution in [0, 0.1) is 5.82 Å². The van der Waals surface area contributed by atoms with Crippen molar-refractivity contribution < 1.29 is 13.9 Å². The zero-order valence-electron chi connectivity index (χ0n) is 14.9. The second kappa shape index (κ2) is 6.48. The number of aryl methyl sites for hydroxylation is 1. The van der Waals surface area contributed by atoms with E-state index in [1.807, 2.05) is 25.1 Å². The second-order valence-corrected chi connectivity index (χ2v) is 6.61. The number of hydrazine groups is 1. The first-order valence-corrected chi connectivity index (χ1v) is 8.87. The minimum Gasteiger partial charge on any atom is -0.497 e. The fourth-order valence-corrected chi connectivity index (χ4v) is 3.85. The highest BCUT2D eigenvalue weighted by molar-refractivity contribution is 5.83. The molecular formula is C21H21FN2O2. The fraction of sp³-hybridized carbons (Fsp3) is 0.286. The van der Waals surface area contributed by atoms with Crippen LogP contribution in [0.5, 0.6) is 5.75 Å². The molecule has 2 aromatic carbocycles. The van der Waals surface area contributed by atoms with Gasteiger partial charge in [0.05, 0.1) is 12.8 Å². The average Bonchev–Trinajstić information content (AvgIpc) is 3.07. The van der Waals surface area contributed by atoms with Gasteiger partial charge < -0.3 is 4.74 Å². The van der Waals surface area contributed by atoms with E-state index in [0.717, 1.165) is 41.0 Å². The molecule has 2 aromatic rings. The van der Waals surface area contributed by atoms with Crippen LogP contribution in [-0.2, 0) is 11.2 Å². The number of hydrogen-bond acceptors (Lipinski definition) is 3. The lowest BCUT2D eigenvalue weighted by Gasteiger charge is -2.26. The van der Waals surface area contributed by atoms with Crippen molar-refractivity contribution in [3.8, 4) is 5.75 Å². The zero-order valence-corrected chi connectivity index (χ0v) is 14.9. The SMILES string of the molecule is CCC(=O)N1NC2=C(CCc3ccc(OC)cc32)C1c1cccc(F)c1. The van der Waals surface area contributed by atoms with Crippen LogP contribution in [0.4, 0.5) is 4.39 Å². The van der Waals surface area contributed by atoms with E-state index >= 15 is 0 Å².